The van der Waals surface area contributed by atoms with Gasteiger partial charge in [0.2, 0.25) is 5.60 Å². The summed E-state index contributed by atoms with van der Waals surface area (Å²) >= 11 is 0. The summed E-state index contributed by atoms with van der Waals surface area (Å²) in [4.78, 5) is 17.0. The van der Waals surface area contributed by atoms with Crippen molar-refractivity contribution in [3.8, 4) is 22.8 Å². The number of rotatable bonds is 9. The van der Waals surface area contributed by atoms with Crippen molar-refractivity contribution < 1.29 is 42.0 Å². The number of pyridine rings is 1. The SMILES string of the molecule is COc1cc(C(=O)NCC(O)(c2cc(C(C)(C)N)cc(-c3ccc(F)cc3)n2)C(F)(F)F)ccc1OC1CC(O)C1. The summed E-state index contributed by atoms with van der Waals surface area (Å²) in [6, 6.07) is 11.5. The Morgan fingerprint density at radius 2 is 1.73 bits per heavy atom. The second-order valence-corrected chi connectivity index (χ2v) is 10.6. The van der Waals surface area contributed by atoms with E-state index in [2.05, 4.69) is 10.3 Å². The number of benzene rings is 2. The third-order valence-electron chi connectivity index (χ3n) is 6.90. The first-order chi connectivity index (χ1) is 19.1. The van der Waals surface area contributed by atoms with Gasteiger partial charge in [-0.05, 0) is 74.0 Å². The molecule has 0 aliphatic heterocycles. The van der Waals surface area contributed by atoms with Crippen LogP contribution in [0.15, 0.2) is 54.6 Å². The van der Waals surface area contributed by atoms with Gasteiger partial charge in [-0.25, -0.2) is 9.37 Å². The second-order valence-electron chi connectivity index (χ2n) is 10.6. The minimum Gasteiger partial charge on any atom is -0.493 e. The summed E-state index contributed by atoms with van der Waals surface area (Å²) < 4.78 is 67.8. The van der Waals surface area contributed by atoms with E-state index in [0.717, 1.165) is 18.2 Å². The van der Waals surface area contributed by atoms with E-state index in [-0.39, 0.29) is 28.7 Å². The molecule has 1 unspecified atom stereocenters. The summed E-state index contributed by atoms with van der Waals surface area (Å²) in [5.41, 5.74) is 1.20. The van der Waals surface area contributed by atoms with Gasteiger partial charge in [0, 0.05) is 29.5 Å². The lowest BCUT2D eigenvalue weighted by molar-refractivity contribution is -0.265. The molecule has 3 aromatic rings. The number of hydrogen-bond acceptors (Lipinski definition) is 7. The third kappa shape index (κ3) is 6.61. The van der Waals surface area contributed by atoms with Crippen molar-refractivity contribution in [2.45, 2.75) is 56.2 Å². The van der Waals surface area contributed by atoms with E-state index < -0.39 is 47.4 Å². The number of aliphatic hydroxyl groups excluding tert-OH is 1. The standard InChI is InChI=1S/C29H31F4N3O5/c1-27(2,34)18-11-22(16-4-7-19(30)8-5-16)36-25(12-18)28(39,29(31,32)33)15-35-26(38)17-6-9-23(24(10-17)40-3)41-21-13-20(37)14-21/h4-12,20-21,37,39H,13-15,34H2,1-3H3,(H,35,38). The fourth-order valence-corrected chi connectivity index (χ4v) is 4.25. The first kappa shape index (κ1) is 30.2. The number of nitrogens with one attached hydrogen (secondary N) is 1. The van der Waals surface area contributed by atoms with Gasteiger partial charge in [-0.15, -0.1) is 0 Å². The zero-order valence-corrected chi connectivity index (χ0v) is 22.6. The van der Waals surface area contributed by atoms with Crippen molar-refractivity contribution in [2.24, 2.45) is 5.73 Å². The van der Waals surface area contributed by atoms with E-state index in [4.69, 9.17) is 15.2 Å². The van der Waals surface area contributed by atoms with Crippen LogP contribution in [-0.4, -0.2) is 53.1 Å². The van der Waals surface area contributed by atoms with Gasteiger partial charge in [-0.1, -0.05) is 0 Å². The third-order valence-corrected chi connectivity index (χ3v) is 6.90. The van der Waals surface area contributed by atoms with Crippen LogP contribution in [0.1, 0.15) is 48.3 Å². The lowest BCUT2D eigenvalue weighted by Gasteiger charge is -2.32. The van der Waals surface area contributed by atoms with Crippen molar-refractivity contribution in [3.05, 3.63) is 77.2 Å². The quantitative estimate of drug-likeness (QED) is 0.281. The van der Waals surface area contributed by atoms with E-state index in [0.29, 0.717) is 24.2 Å². The minimum absolute atomic E-state index is 0.0318. The molecule has 41 heavy (non-hydrogen) atoms. The summed E-state index contributed by atoms with van der Waals surface area (Å²) in [5, 5.41) is 22.7. The van der Waals surface area contributed by atoms with E-state index in [9.17, 15) is 32.6 Å². The molecular weight excluding hydrogens is 546 g/mol. The highest BCUT2D eigenvalue weighted by Crippen LogP contribution is 2.40. The maximum absolute atomic E-state index is 14.4. The van der Waals surface area contributed by atoms with E-state index in [1.165, 1.54) is 43.5 Å². The number of hydrogen-bond donors (Lipinski definition) is 4. The Balaban J connectivity index is 1.64. The summed E-state index contributed by atoms with van der Waals surface area (Å²) in [7, 11) is 1.35. The first-order valence-electron chi connectivity index (χ1n) is 12.8. The lowest BCUT2D eigenvalue weighted by Crippen LogP contribution is -2.51. The normalized spacial score (nSPS) is 18.7. The van der Waals surface area contributed by atoms with Gasteiger partial charge in [0.1, 0.15) is 11.9 Å². The number of nitrogens with two attached hydrogens (primary N) is 1. The number of methoxy groups -OCH3 is 1. The number of halogens is 4. The molecule has 220 valence electrons. The molecule has 1 aliphatic carbocycles. The zero-order valence-electron chi connectivity index (χ0n) is 22.6. The van der Waals surface area contributed by atoms with Crippen LogP contribution in [0.5, 0.6) is 11.5 Å². The Hall–Kier alpha value is -3.74. The Bertz CT molecular complexity index is 1400. The van der Waals surface area contributed by atoms with Gasteiger partial charge < -0.3 is 30.7 Å². The number of carbonyl (C=O) groups excluding carboxylic acids is 1. The molecule has 1 atom stereocenters. The zero-order chi connectivity index (χ0) is 30.2. The molecule has 4 rings (SSSR count). The molecule has 1 saturated carbocycles. The molecule has 8 nitrogen and oxygen atoms in total. The molecule has 0 radical (unpaired) electrons. The van der Waals surface area contributed by atoms with Crippen molar-refractivity contribution in [2.75, 3.05) is 13.7 Å². The maximum Gasteiger partial charge on any atom is 0.424 e. The summed E-state index contributed by atoms with van der Waals surface area (Å²) in [6.45, 7) is 1.88. The van der Waals surface area contributed by atoms with Crippen LogP contribution in [0, 0.1) is 5.82 Å². The highest BCUT2D eigenvalue weighted by Gasteiger charge is 2.56. The molecule has 12 heteroatoms. The van der Waals surface area contributed by atoms with Gasteiger partial charge >= 0.3 is 6.18 Å². The highest BCUT2D eigenvalue weighted by molar-refractivity contribution is 5.95. The molecule has 1 amide bonds. The Morgan fingerprint density at radius 1 is 1.07 bits per heavy atom. The molecule has 5 N–H and O–H groups in total. The Kier molecular flexibility index (Phi) is 8.30. The average Bonchev–Trinajstić information content (AvgIpc) is 2.89. The minimum atomic E-state index is -5.26. The number of alkyl halides is 3. The average molecular weight is 578 g/mol. The second kappa shape index (κ2) is 11.3. The summed E-state index contributed by atoms with van der Waals surface area (Å²) in [5.74, 6) is -0.970. The van der Waals surface area contributed by atoms with Gasteiger partial charge in [0.15, 0.2) is 11.5 Å². The molecule has 1 aliphatic rings. The summed E-state index contributed by atoms with van der Waals surface area (Å²) in [6.07, 6.45) is -5.03. The largest absolute Gasteiger partial charge is 0.493 e. The highest BCUT2D eigenvalue weighted by atomic mass is 19.4. The number of carbonyl (C=O) groups is 1. The van der Waals surface area contributed by atoms with Crippen molar-refractivity contribution in [3.63, 3.8) is 0 Å². The number of aliphatic hydroxyl groups is 2. The molecule has 0 saturated heterocycles. The van der Waals surface area contributed by atoms with E-state index >= 15 is 0 Å². The fraction of sp³-hybridized carbons (Fsp3) is 0.379. The molecule has 2 aromatic carbocycles. The van der Waals surface area contributed by atoms with Crippen LogP contribution in [0.25, 0.3) is 11.3 Å². The Morgan fingerprint density at radius 3 is 2.29 bits per heavy atom. The van der Waals surface area contributed by atoms with Crippen molar-refractivity contribution in [1.29, 1.82) is 0 Å². The van der Waals surface area contributed by atoms with Crippen LogP contribution < -0.4 is 20.5 Å². The number of amides is 1. The number of nitrogens with zero attached hydrogens (tertiary/aromatic N) is 1. The number of ether oxygens (including phenoxy) is 2. The molecule has 1 heterocycles. The van der Waals surface area contributed by atoms with Crippen molar-refractivity contribution in [1.82, 2.24) is 10.3 Å². The fourth-order valence-electron chi connectivity index (χ4n) is 4.25. The van der Waals surface area contributed by atoms with Gasteiger partial charge in [-0.3, -0.25) is 4.79 Å². The van der Waals surface area contributed by atoms with Gasteiger partial charge in [-0.2, -0.15) is 13.2 Å². The number of aromatic nitrogens is 1. The van der Waals surface area contributed by atoms with Crippen LogP contribution >= 0.6 is 0 Å². The first-order valence-corrected chi connectivity index (χ1v) is 12.8. The lowest BCUT2D eigenvalue weighted by atomic mass is 9.89. The predicted octanol–water partition coefficient (Wildman–Crippen LogP) is 4.17. The van der Waals surface area contributed by atoms with E-state index in [1.54, 1.807) is 13.8 Å². The van der Waals surface area contributed by atoms with E-state index in [1.807, 2.05) is 0 Å². The van der Waals surface area contributed by atoms with Crippen LogP contribution in [0.4, 0.5) is 17.6 Å². The van der Waals surface area contributed by atoms with Crippen LogP contribution in [0.2, 0.25) is 0 Å². The predicted molar refractivity (Wildman–Crippen MR) is 142 cm³/mol. The molecular formula is C29H31F4N3O5. The van der Waals surface area contributed by atoms with Gasteiger partial charge in [0.05, 0.1) is 31.1 Å². The molecule has 1 fully saturated rings. The molecule has 0 bridgehead atoms. The molecule has 1 aromatic heterocycles. The van der Waals surface area contributed by atoms with Gasteiger partial charge in [0.25, 0.3) is 5.91 Å². The van der Waals surface area contributed by atoms with Crippen molar-refractivity contribution >= 4 is 5.91 Å². The Labute approximate surface area is 234 Å². The van der Waals surface area contributed by atoms with Crippen LogP contribution in [-0.2, 0) is 11.1 Å². The topological polar surface area (TPSA) is 127 Å². The molecule has 0 spiro atoms. The maximum atomic E-state index is 14.4. The monoisotopic (exact) mass is 577 g/mol. The van der Waals surface area contributed by atoms with Crippen LogP contribution in [0.3, 0.4) is 0 Å². The smallest absolute Gasteiger partial charge is 0.424 e.